The third-order valence-electron chi connectivity index (χ3n) is 16.2. The summed E-state index contributed by atoms with van der Waals surface area (Å²) in [6.07, 6.45) is 39.6. The van der Waals surface area contributed by atoms with Gasteiger partial charge in [0.2, 0.25) is 0 Å². The summed E-state index contributed by atoms with van der Waals surface area (Å²) < 4.78 is 0. The second-order valence-corrected chi connectivity index (χ2v) is 24.5. The van der Waals surface area contributed by atoms with E-state index in [2.05, 4.69) is 88.4 Å². The van der Waals surface area contributed by atoms with Crippen molar-refractivity contribution in [3.63, 3.8) is 0 Å². The quantitative estimate of drug-likeness (QED) is 0.0415. The van der Waals surface area contributed by atoms with E-state index in [0.717, 1.165) is 94.8 Å². The molecule has 0 aliphatic carbocycles. The lowest BCUT2D eigenvalue weighted by Crippen LogP contribution is -2.35. The Morgan fingerprint density at radius 2 is 0.632 bits per heavy atom. The maximum atomic E-state index is 15.9. The van der Waals surface area contributed by atoms with E-state index in [1.807, 2.05) is 34.1 Å². The molecule has 0 spiro atoms. The average Bonchev–Trinajstić information content (AvgIpc) is 4.31. The molecule has 0 radical (unpaired) electrons. The molecule has 410 valence electrons. The van der Waals surface area contributed by atoms with Crippen LogP contribution < -0.4 is 0 Å². The van der Waals surface area contributed by atoms with Crippen LogP contribution in [0.4, 0.5) is 0 Å². The first-order chi connectivity index (χ1) is 37.3. The number of rotatable bonds is 40. The molecule has 0 saturated heterocycles. The van der Waals surface area contributed by atoms with Crippen LogP contribution in [0.5, 0.6) is 0 Å². The fourth-order valence-electron chi connectivity index (χ4n) is 11.8. The number of unbranched alkanes of at least 4 members (excludes halogenated alkanes) is 24. The zero-order valence-corrected chi connectivity index (χ0v) is 49.2. The van der Waals surface area contributed by atoms with E-state index in [1.54, 1.807) is 0 Å². The van der Waals surface area contributed by atoms with Crippen molar-refractivity contribution in [1.29, 1.82) is 10.5 Å². The highest BCUT2D eigenvalue weighted by Gasteiger charge is 2.49. The van der Waals surface area contributed by atoms with Crippen molar-refractivity contribution < 1.29 is 9.59 Å². The number of fused-ring (bicyclic) bond motifs is 1. The summed E-state index contributed by atoms with van der Waals surface area (Å²) in [6.45, 7) is 10.3. The first-order valence-corrected chi connectivity index (χ1v) is 32.3. The Labute approximate surface area is 469 Å². The maximum Gasteiger partial charge on any atom is 0.261 e. The zero-order chi connectivity index (χ0) is 53.7. The van der Waals surface area contributed by atoms with E-state index < -0.39 is 0 Å². The number of thiophene rings is 2. The van der Waals surface area contributed by atoms with Crippen molar-refractivity contribution in [3.05, 3.63) is 105 Å². The molecule has 0 bridgehead atoms. The topological polar surface area (TPSA) is 88.2 Å². The van der Waals surface area contributed by atoms with Gasteiger partial charge in [-0.2, -0.15) is 10.5 Å². The van der Waals surface area contributed by atoms with Crippen LogP contribution >= 0.6 is 22.7 Å². The molecular weight excluding hydrogens is 969 g/mol. The maximum absolute atomic E-state index is 15.9. The molecule has 2 amide bonds. The molecular formula is C68H94N4O2S2. The highest BCUT2D eigenvalue weighted by atomic mass is 32.1. The van der Waals surface area contributed by atoms with Crippen molar-refractivity contribution in [1.82, 2.24) is 9.80 Å². The summed E-state index contributed by atoms with van der Waals surface area (Å²) in [4.78, 5) is 39.3. The zero-order valence-electron chi connectivity index (χ0n) is 47.5. The lowest BCUT2D eigenvalue weighted by atomic mass is 9.92. The van der Waals surface area contributed by atoms with Crippen LogP contribution in [0.3, 0.4) is 0 Å². The Morgan fingerprint density at radius 3 is 0.895 bits per heavy atom. The predicted octanol–water partition coefficient (Wildman–Crippen LogP) is 20.5. The van der Waals surface area contributed by atoms with Crippen LogP contribution in [0.25, 0.3) is 32.3 Å². The van der Waals surface area contributed by atoms with Gasteiger partial charge in [0.05, 0.1) is 22.5 Å². The number of nitrogens with zero attached hydrogens (tertiary/aromatic N) is 4. The Morgan fingerprint density at radius 1 is 0.368 bits per heavy atom. The van der Waals surface area contributed by atoms with E-state index >= 15 is 9.59 Å². The third-order valence-corrected chi connectivity index (χ3v) is 18.3. The molecule has 2 aliphatic rings. The summed E-state index contributed by atoms with van der Waals surface area (Å²) in [6, 6.07) is 29.2. The molecule has 8 heteroatoms. The molecule has 76 heavy (non-hydrogen) atoms. The van der Waals surface area contributed by atoms with Gasteiger partial charge in [0.15, 0.2) is 0 Å². The predicted molar refractivity (Wildman–Crippen MR) is 324 cm³/mol. The lowest BCUT2D eigenvalue weighted by Gasteiger charge is -2.30. The average molecular weight is 1060 g/mol. The minimum Gasteiger partial charge on any atom is -0.307 e. The van der Waals surface area contributed by atoms with E-state index in [4.69, 9.17) is 0 Å². The molecule has 2 atom stereocenters. The Kier molecular flexibility index (Phi) is 27.2. The van der Waals surface area contributed by atoms with Gasteiger partial charge in [-0.3, -0.25) is 9.59 Å². The smallest absolute Gasteiger partial charge is 0.261 e. The van der Waals surface area contributed by atoms with Crippen molar-refractivity contribution in [2.45, 2.75) is 233 Å². The molecule has 6 nitrogen and oxygen atoms in total. The van der Waals surface area contributed by atoms with Crippen LogP contribution in [-0.2, 0) is 9.59 Å². The normalized spacial score (nSPS) is 14.3. The van der Waals surface area contributed by atoms with E-state index in [-0.39, 0.29) is 11.8 Å². The number of benzene rings is 2. The molecule has 6 rings (SSSR count). The molecule has 0 fully saturated rings. The third kappa shape index (κ3) is 18.2. The van der Waals surface area contributed by atoms with Gasteiger partial charge in [-0.15, -0.1) is 22.7 Å². The highest BCUT2D eigenvalue weighted by molar-refractivity contribution is 7.16. The summed E-state index contributed by atoms with van der Waals surface area (Å²) in [7, 11) is 0. The molecule has 0 N–H and O–H groups in total. The number of hydrogen-bond donors (Lipinski definition) is 0. The van der Waals surface area contributed by atoms with Crippen molar-refractivity contribution >= 4 is 45.9 Å². The van der Waals surface area contributed by atoms with Gasteiger partial charge in [0.1, 0.15) is 21.9 Å². The second kappa shape index (κ2) is 34.2. The van der Waals surface area contributed by atoms with E-state index in [1.165, 1.54) is 177 Å². The molecule has 2 aliphatic heterocycles. The van der Waals surface area contributed by atoms with Gasteiger partial charge in [-0.25, -0.2) is 0 Å². The highest BCUT2D eigenvalue weighted by Crippen LogP contribution is 2.48. The molecule has 4 aromatic rings. The van der Waals surface area contributed by atoms with E-state index in [9.17, 15) is 10.5 Å². The van der Waals surface area contributed by atoms with Crippen LogP contribution in [-0.4, -0.2) is 34.7 Å². The SMILES string of the molecule is CCCCCCCCCCC(CCCCCCCC)CN1C(=O)C2=C(c3ccc(-c4ccc(C#N)s4)cc3)N(CC(CCCCCCCC)CCCCCCCCCC)C(=O)C2=C1c1ccc(-c2ccc(C#N)s2)cc1. The second-order valence-electron chi connectivity index (χ2n) is 22.4. The number of amides is 2. The Bertz CT molecular complexity index is 2320. The minimum absolute atomic E-state index is 0.0442. The lowest BCUT2D eigenvalue weighted by molar-refractivity contribution is -0.124. The largest absolute Gasteiger partial charge is 0.307 e. The molecule has 4 heterocycles. The summed E-state index contributed by atoms with van der Waals surface area (Å²) in [5.41, 5.74) is 6.48. The number of hydrogen-bond acceptors (Lipinski definition) is 6. The van der Waals surface area contributed by atoms with Crippen LogP contribution in [0.15, 0.2) is 83.9 Å². The van der Waals surface area contributed by atoms with Crippen LogP contribution in [0.2, 0.25) is 0 Å². The van der Waals surface area contributed by atoms with Gasteiger partial charge < -0.3 is 9.80 Å². The fraction of sp³-hybridized carbons (Fsp3) is 0.588. The van der Waals surface area contributed by atoms with Crippen LogP contribution in [0.1, 0.15) is 254 Å². The molecule has 2 aromatic carbocycles. The first kappa shape index (κ1) is 60.5. The van der Waals surface area contributed by atoms with Crippen molar-refractivity contribution in [3.8, 4) is 33.0 Å². The first-order valence-electron chi connectivity index (χ1n) is 30.7. The number of carbonyl (C=O) groups excluding carboxylic acids is 2. The van der Waals surface area contributed by atoms with Gasteiger partial charge in [-0.1, -0.05) is 256 Å². The molecule has 2 unspecified atom stereocenters. The Balaban J connectivity index is 1.40. The summed E-state index contributed by atoms with van der Waals surface area (Å²) in [5.74, 6) is 0.562. The van der Waals surface area contributed by atoms with Crippen molar-refractivity contribution in [2.75, 3.05) is 13.1 Å². The number of carbonyl (C=O) groups is 2. The van der Waals surface area contributed by atoms with Gasteiger partial charge in [0.25, 0.3) is 11.8 Å². The minimum atomic E-state index is -0.0442. The standard InChI is InChI=1S/C68H94N4O2S2/c1-5-9-13-17-21-23-27-31-35-53(33-29-25-19-15-11-7-3)51-71-65(57-41-37-55(38-42-57)61-47-45-59(49-69)75-61)63-64(67(71)73)66(58-43-39-56(40-44-58)62-48-46-60(50-70)76-62)72(68(63)74)52-54(34-30-26-20-16-12-8-4)36-32-28-24-22-18-14-10-6-2/h37-48,53-54H,5-36,51-52H2,1-4H3. The van der Waals surface area contributed by atoms with E-state index in [0.29, 0.717) is 45.8 Å². The fourth-order valence-corrected chi connectivity index (χ4v) is 13.4. The Hall–Kier alpha value is -4.76. The molecule has 0 saturated carbocycles. The summed E-state index contributed by atoms with van der Waals surface area (Å²) >= 11 is 2.97. The monoisotopic (exact) mass is 1060 g/mol. The molecule has 2 aromatic heterocycles. The van der Waals surface area contributed by atoms with Gasteiger partial charge >= 0.3 is 0 Å². The van der Waals surface area contributed by atoms with Crippen molar-refractivity contribution in [2.24, 2.45) is 11.8 Å². The van der Waals surface area contributed by atoms with Gasteiger partial charge in [-0.05, 0) is 84.0 Å². The number of nitriles is 2. The summed E-state index contributed by atoms with van der Waals surface area (Å²) in [5, 5.41) is 19.3. The van der Waals surface area contributed by atoms with Crippen LogP contribution in [0, 0.1) is 34.5 Å². The van der Waals surface area contributed by atoms with Gasteiger partial charge in [0, 0.05) is 22.8 Å².